The van der Waals surface area contributed by atoms with Crippen LogP contribution < -0.4 is 5.32 Å². The Kier molecular flexibility index (Phi) is 6.89. The number of thioether (sulfide) groups is 1. The van der Waals surface area contributed by atoms with Crippen molar-refractivity contribution in [1.82, 2.24) is 24.5 Å². The third-order valence-electron chi connectivity index (χ3n) is 5.63. The lowest BCUT2D eigenvalue weighted by Crippen LogP contribution is -2.31. The Morgan fingerprint density at radius 1 is 1.18 bits per heavy atom. The number of halogens is 3. The molecule has 2 aromatic heterocycles. The number of rotatable bonds is 6. The van der Waals surface area contributed by atoms with Crippen LogP contribution in [0.25, 0.3) is 5.78 Å². The van der Waals surface area contributed by atoms with Crippen LogP contribution in [0.3, 0.4) is 0 Å². The molecular weight excluding hydrogens is 453 g/mol. The van der Waals surface area contributed by atoms with Gasteiger partial charge in [-0.2, -0.15) is 29.9 Å². The zero-order valence-electron chi connectivity index (χ0n) is 18.4. The minimum atomic E-state index is -4.64. The molecule has 1 N–H and O–H groups in total. The lowest BCUT2D eigenvalue weighted by atomic mass is 10.1. The minimum absolute atomic E-state index is 0.102. The van der Waals surface area contributed by atoms with Gasteiger partial charge in [-0.25, -0.2) is 9.50 Å². The zero-order chi connectivity index (χ0) is 23.6. The normalized spacial score (nSPS) is 15.2. The summed E-state index contributed by atoms with van der Waals surface area (Å²) in [6.07, 6.45) is -4.14. The maximum absolute atomic E-state index is 13.0. The fraction of sp³-hybridized carbons (Fsp3) is 0.455. The molecule has 33 heavy (non-hydrogen) atoms. The van der Waals surface area contributed by atoms with Crippen molar-refractivity contribution in [3.63, 3.8) is 0 Å². The second-order valence-electron chi connectivity index (χ2n) is 8.04. The van der Waals surface area contributed by atoms with E-state index in [1.807, 2.05) is 30.0 Å². The molecule has 1 saturated heterocycles. The third kappa shape index (κ3) is 5.64. The average Bonchev–Trinajstić information content (AvgIpc) is 3.19. The van der Waals surface area contributed by atoms with E-state index in [1.54, 1.807) is 13.8 Å². The Bertz CT molecular complexity index is 1160. The van der Waals surface area contributed by atoms with E-state index in [1.165, 1.54) is 0 Å². The van der Waals surface area contributed by atoms with Crippen molar-refractivity contribution >= 4 is 29.1 Å². The first-order valence-electron chi connectivity index (χ1n) is 10.7. The van der Waals surface area contributed by atoms with Crippen molar-refractivity contribution in [2.24, 2.45) is 0 Å². The molecule has 1 fully saturated rings. The average molecular weight is 479 g/mol. The molecule has 1 aliphatic rings. The molecule has 0 saturated carbocycles. The largest absolute Gasteiger partial charge is 0.453 e. The molecule has 1 aromatic carbocycles. The molecule has 7 nitrogen and oxygen atoms in total. The summed E-state index contributed by atoms with van der Waals surface area (Å²) in [7, 11) is 0. The van der Waals surface area contributed by atoms with Gasteiger partial charge < -0.3 is 5.32 Å². The molecule has 0 atom stereocenters. The first kappa shape index (κ1) is 23.5. The summed E-state index contributed by atoms with van der Waals surface area (Å²) in [6.45, 7) is 6.34. The van der Waals surface area contributed by atoms with Crippen LogP contribution in [-0.2, 0) is 23.9 Å². The maximum Gasteiger partial charge on any atom is 0.453 e. The molecule has 11 heteroatoms. The summed E-state index contributed by atoms with van der Waals surface area (Å²) >= 11 is 1.97. The second kappa shape index (κ2) is 9.68. The molecule has 0 spiro atoms. The second-order valence-corrected chi connectivity index (χ2v) is 9.27. The number of carbonyl (C=O) groups is 1. The number of fused-ring (bicyclic) bond motifs is 1. The van der Waals surface area contributed by atoms with E-state index in [9.17, 15) is 18.0 Å². The van der Waals surface area contributed by atoms with Crippen LogP contribution in [0.2, 0.25) is 0 Å². The topological polar surface area (TPSA) is 75.4 Å². The first-order valence-corrected chi connectivity index (χ1v) is 11.8. The van der Waals surface area contributed by atoms with Gasteiger partial charge in [0.2, 0.25) is 5.91 Å². The fourth-order valence-corrected chi connectivity index (χ4v) is 4.90. The SMILES string of the molecule is Cc1nc2nc(C(F)(F)F)nn2c(C)c1CCC(=O)Nc1cccc(CN2CCSCC2)c1. The van der Waals surface area contributed by atoms with Gasteiger partial charge in [0.25, 0.3) is 11.6 Å². The van der Waals surface area contributed by atoms with Crippen LogP contribution in [-0.4, -0.2) is 55.0 Å². The van der Waals surface area contributed by atoms with Gasteiger partial charge in [0, 0.05) is 54.6 Å². The molecule has 176 valence electrons. The molecule has 3 heterocycles. The number of aryl methyl sites for hydroxylation is 2. The third-order valence-corrected chi connectivity index (χ3v) is 6.57. The van der Waals surface area contributed by atoms with Crippen molar-refractivity contribution in [3.05, 3.63) is 52.6 Å². The van der Waals surface area contributed by atoms with Gasteiger partial charge in [0.1, 0.15) is 0 Å². The van der Waals surface area contributed by atoms with Crippen molar-refractivity contribution in [3.8, 4) is 0 Å². The van der Waals surface area contributed by atoms with Crippen LogP contribution in [0.4, 0.5) is 18.9 Å². The van der Waals surface area contributed by atoms with Gasteiger partial charge in [-0.3, -0.25) is 9.69 Å². The molecule has 0 unspecified atom stereocenters. The highest BCUT2D eigenvalue weighted by molar-refractivity contribution is 7.99. The van der Waals surface area contributed by atoms with Gasteiger partial charge in [-0.05, 0) is 43.5 Å². The number of alkyl halides is 3. The Balaban J connectivity index is 1.41. The summed E-state index contributed by atoms with van der Waals surface area (Å²) in [5, 5.41) is 6.47. The number of nitrogens with zero attached hydrogens (tertiary/aromatic N) is 5. The predicted octanol–water partition coefficient (Wildman–Crippen LogP) is 3.88. The van der Waals surface area contributed by atoms with E-state index in [0.29, 0.717) is 23.4 Å². The van der Waals surface area contributed by atoms with Crippen LogP contribution >= 0.6 is 11.8 Å². The van der Waals surface area contributed by atoms with Crippen LogP contribution in [0.15, 0.2) is 24.3 Å². The number of aromatic nitrogens is 4. The zero-order valence-corrected chi connectivity index (χ0v) is 19.3. The number of carbonyl (C=O) groups excluding carboxylic acids is 1. The molecule has 0 radical (unpaired) electrons. The molecule has 1 aliphatic heterocycles. The van der Waals surface area contributed by atoms with Crippen LogP contribution in [0.5, 0.6) is 0 Å². The van der Waals surface area contributed by atoms with E-state index in [2.05, 4.69) is 31.3 Å². The summed E-state index contributed by atoms with van der Waals surface area (Å²) in [6, 6.07) is 7.82. The molecule has 0 aliphatic carbocycles. The summed E-state index contributed by atoms with van der Waals surface area (Å²) < 4.78 is 40.0. The number of benzene rings is 1. The smallest absolute Gasteiger partial charge is 0.326 e. The Morgan fingerprint density at radius 3 is 2.67 bits per heavy atom. The van der Waals surface area contributed by atoms with E-state index in [0.717, 1.165) is 46.9 Å². The fourth-order valence-electron chi connectivity index (χ4n) is 3.92. The van der Waals surface area contributed by atoms with Gasteiger partial charge >= 0.3 is 6.18 Å². The van der Waals surface area contributed by atoms with Gasteiger partial charge in [-0.15, -0.1) is 5.10 Å². The number of hydrogen-bond acceptors (Lipinski definition) is 6. The predicted molar refractivity (Wildman–Crippen MR) is 121 cm³/mol. The number of hydrogen-bond donors (Lipinski definition) is 1. The monoisotopic (exact) mass is 478 g/mol. The van der Waals surface area contributed by atoms with Gasteiger partial charge in [0.15, 0.2) is 0 Å². The summed E-state index contributed by atoms with van der Waals surface area (Å²) in [4.78, 5) is 22.6. The lowest BCUT2D eigenvalue weighted by molar-refractivity contribution is -0.144. The number of amides is 1. The van der Waals surface area contributed by atoms with Crippen molar-refractivity contribution in [2.45, 2.75) is 39.4 Å². The minimum Gasteiger partial charge on any atom is -0.326 e. The van der Waals surface area contributed by atoms with E-state index < -0.39 is 12.0 Å². The highest BCUT2D eigenvalue weighted by Gasteiger charge is 2.37. The highest BCUT2D eigenvalue weighted by atomic mass is 32.2. The lowest BCUT2D eigenvalue weighted by Gasteiger charge is -2.26. The summed E-state index contributed by atoms with van der Waals surface area (Å²) in [5.74, 6) is 0.782. The van der Waals surface area contributed by atoms with Crippen molar-refractivity contribution in [2.75, 3.05) is 29.9 Å². The molecule has 1 amide bonds. The molecular formula is C22H25F3N6OS. The quantitative estimate of drug-likeness (QED) is 0.580. The van der Waals surface area contributed by atoms with Crippen molar-refractivity contribution < 1.29 is 18.0 Å². The molecule has 4 rings (SSSR count). The maximum atomic E-state index is 13.0. The Morgan fingerprint density at radius 2 is 1.94 bits per heavy atom. The Labute approximate surface area is 193 Å². The standard InChI is InChI=1S/C22H25F3N6OS/c1-14-18(15(2)31-21(26-14)28-20(29-31)22(23,24)25)6-7-19(32)27-17-5-3-4-16(12-17)13-30-8-10-33-11-9-30/h3-5,12H,6-11,13H2,1-2H3,(H,27,32). The number of nitrogens with one attached hydrogen (secondary N) is 1. The Hall–Kier alpha value is -2.66. The highest BCUT2D eigenvalue weighted by Crippen LogP contribution is 2.27. The van der Waals surface area contributed by atoms with E-state index in [4.69, 9.17) is 0 Å². The molecule has 0 bridgehead atoms. The van der Waals surface area contributed by atoms with Crippen LogP contribution in [0, 0.1) is 13.8 Å². The van der Waals surface area contributed by atoms with E-state index >= 15 is 0 Å². The van der Waals surface area contributed by atoms with E-state index in [-0.39, 0.29) is 18.1 Å². The first-order chi connectivity index (χ1) is 15.7. The summed E-state index contributed by atoms with van der Waals surface area (Å²) in [5.41, 5.74) is 3.60. The van der Waals surface area contributed by atoms with Crippen LogP contribution in [0.1, 0.15) is 34.8 Å². The van der Waals surface area contributed by atoms with Crippen molar-refractivity contribution in [1.29, 1.82) is 0 Å². The van der Waals surface area contributed by atoms with Gasteiger partial charge in [-0.1, -0.05) is 12.1 Å². The molecule has 3 aromatic rings. The van der Waals surface area contributed by atoms with Gasteiger partial charge in [0.05, 0.1) is 0 Å². The number of anilines is 1.